The van der Waals surface area contributed by atoms with Crippen LogP contribution >= 0.6 is 0 Å². The molecule has 0 unspecified atom stereocenters. The number of H-pyrrole nitrogens is 1. The summed E-state index contributed by atoms with van der Waals surface area (Å²) in [5.74, 6) is 0.0753. The highest BCUT2D eigenvalue weighted by atomic mass is 16.5. The fourth-order valence-electron chi connectivity index (χ4n) is 1.31. The molecule has 1 rings (SSSR count). The third-order valence-electron chi connectivity index (χ3n) is 2.17. The van der Waals surface area contributed by atoms with E-state index in [4.69, 9.17) is 10.5 Å². The predicted molar refractivity (Wildman–Crippen MR) is 62.1 cm³/mol. The van der Waals surface area contributed by atoms with Gasteiger partial charge < -0.3 is 20.8 Å². The van der Waals surface area contributed by atoms with Crippen LogP contribution in [0.5, 0.6) is 0 Å². The largest absolute Gasteiger partial charge is 0.445 e. The smallest absolute Gasteiger partial charge is 0.407 e. The zero-order valence-corrected chi connectivity index (χ0v) is 9.11. The summed E-state index contributed by atoms with van der Waals surface area (Å²) in [6.45, 7) is 4.58. The zero-order chi connectivity index (χ0) is 11.8. The molecule has 0 aliphatic carbocycles. The highest BCUT2D eigenvalue weighted by molar-refractivity contribution is 5.67. The second-order valence-electron chi connectivity index (χ2n) is 3.33. The summed E-state index contributed by atoms with van der Waals surface area (Å²) in [5, 5.41) is 2.65. The summed E-state index contributed by atoms with van der Waals surface area (Å²) in [5.41, 5.74) is 6.63. The lowest BCUT2D eigenvalue weighted by Gasteiger charge is -2.13. The van der Waals surface area contributed by atoms with E-state index in [1.54, 1.807) is 0 Å². The predicted octanol–water partition coefficient (Wildman–Crippen LogP) is 0.969. The molecule has 0 fully saturated rings. The van der Waals surface area contributed by atoms with E-state index in [1.165, 1.54) is 6.08 Å². The Kier molecular flexibility index (Phi) is 5.15. The molecule has 5 heteroatoms. The number of hydrogen-bond acceptors (Lipinski definition) is 3. The Morgan fingerprint density at radius 2 is 2.56 bits per heavy atom. The van der Waals surface area contributed by atoms with Crippen LogP contribution in [0.2, 0.25) is 0 Å². The summed E-state index contributed by atoms with van der Waals surface area (Å²) >= 11 is 0. The first-order chi connectivity index (χ1) is 7.77. The van der Waals surface area contributed by atoms with E-state index in [1.807, 2.05) is 18.3 Å². The average molecular weight is 223 g/mol. The van der Waals surface area contributed by atoms with Crippen LogP contribution in [0, 0.1) is 0 Å². The third-order valence-corrected chi connectivity index (χ3v) is 2.17. The van der Waals surface area contributed by atoms with Crippen LogP contribution in [0.3, 0.4) is 0 Å². The number of rotatable bonds is 6. The second-order valence-corrected chi connectivity index (χ2v) is 3.33. The second kappa shape index (κ2) is 6.68. The number of aromatic nitrogens is 1. The quantitative estimate of drug-likeness (QED) is 0.629. The minimum atomic E-state index is -0.454. The number of hydrogen-bond donors (Lipinski definition) is 3. The molecule has 16 heavy (non-hydrogen) atoms. The van der Waals surface area contributed by atoms with Crippen LogP contribution in [0.1, 0.15) is 11.6 Å². The highest BCUT2D eigenvalue weighted by Gasteiger charge is 2.11. The highest BCUT2D eigenvalue weighted by Crippen LogP contribution is 2.10. The normalized spacial score (nSPS) is 11.8. The summed E-state index contributed by atoms with van der Waals surface area (Å²) in [7, 11) is 0. The van der Waals surface area contributed by atoms with E-state index in [-0.39, 0.29) is 12.5 Å². The van der Waals surface area contributed by atoms with Gasteiger partial charge in [0.2, 0.25) is 0 Å². The van der Waals surface area contributed by atoms with Crippen molar-refractivity contribution in [2.45, 2.75) is 5.92 Å². The molecule has 0 saturated carbocycles. The number of amides is 1. The minimum Gasteiger partial charge on any atom is -0.445 e. The maximum absolute atomic E-state index is 11.2. The first kappa shape index (κ1) is 12.3. The van der Waals surface area contributed by atoms with Gasteiger partial charge in [0.25, 0.3) is 0 Å². The molecule has 0 saturated heterocycles. The van der Waals surface area contributed by atoms with Gasteiger partial charge in [-0.25, -0.2) is 4.79 Å². The summed E-state index contributed by atoms with van der Waals surface area (Å²) in [6.07, 6.45) is 2.89. The van der Waals surface area contributed by atoms with Crippen LogP contribution in [0.15, 0.2) is 31.0 Å². The van der Waals surface area contributed by atoms with Crippen molar-refractivity contribution in [2.24, 2.45) is 5.73 Å². The van der Waals surface area contributed by atoms with Gasteiger partial charge in [-0.05, 0) is 12.1 Å². The standard InChI is InChI=1S/C11H17N3O2/c1-2-6-16-11(15)14-8-9(7-12)10-4-3-5-13-10/h2-5,9,13H,1,6-8,12H2,(H,14,15)/t9-/m1/s1. The van der Waals surface area contributed by atoms with Crippen molar-refractivity contribution in [3.05, 3.63) is 36.7 Å². The fourth-order valence-corrected chi connectivity index (χ4v) is 1.31. The van der Waals surface area contributed by atoms with Crippen LogP contribution in [0.25, 0.3) is 0 Å². The van der Waals surface area contributed by atoms with Crippen molar-refractivity contribution in [3.63, 3.8) is 0 Å². The molecule has 1 atom stereocenters. The lowest BCUT2D eigenvalue weighted by atomic mass is 10.1. The van der Waals surface area contributed by atoms with E-state index < -0.39 is 6.09 Å². The molecule has 0 aliphatic heterocycles. The topological polar surface area (TPSA) is 80.1 Å². The van der Waals surface area contributed by atoms with Crippen LogP contribution in [-0.4, -0.2) is 30.8 Å². The van der Waals surface area contributed by atoms with E-state index in [0.717, 1.165) is 5.69 Å². The van der Waals surface area contributed by atoms with Gasteiger partial charge in [0.05, 0.1) is 0 Å². The van der Waals surface area contributed by atoms with Gasteiger partial charge >= 0.3 is 6.09 Å². The summed E-state index contributed by atoms with van der Waals surface area (Å²) in [4.78, 5) is 14.2. The van der Waals surface area contributed by atoms with Crippen molar-refractivity contribution in [2.75, 3.05) is 19.7 Å². The molecule has 5 nitrogen and oxygen atoms in total. The Morgan fingerprint density at radius 3 is 3.12 bits per heavy atom. The maximum Gasteiger partial charge on any atom is 0.407 e. The number of aromatic amines is 1. The van der Waals surface area contributed by atoms with Gasteiger partial charge in [-0.1, -0.05) is 12.7 Å². The van der Waals surface area contributed by atoms with Gasteiger partial charge in [0.1, 0.15) is 6.61 Å². The van der Waals surface area contributed by atoms with Crippen molar-refractivity contribution < 1.29 is 9.53 Å². The van der Waals surface area contributed by atoms with E-state index in [0.29, 0.717) is 13.1 Å². The molecule has 0 aliphatic rings. The molecule has 1 amide bonds. The van der Waals surface area contributed by atoms with E-state index >= 15 is 0 Å². The molecule has 1 aromatic heterocycles. The first-order valence-electron chi connectivity index (χ1n) is 5.12. The molecule has 88 valence electrons. The van der Waals surface area contributed by atoms with Crippen molar-refractivity contribution >= 4 is 6.09 Å². The molecular formula is C11H17N3O2. The van der Waals surface area contributed by atoms with Gasteiger partial charge in [0, 0.05) is 30.9 Å². The molecule has 0 radical (unpaired) electrons. The molecular weight excluding hydrogens is 206 g/mol. The van der Waals surface area contributed by atoms with Crippen molar-refractivity contribution in [1.82, 2.24) is 10.3 Å². The molecule has 0 spiro atoms. The molecule has 1 aromatic rings. The first-order valence-corrected chi connectivity index (χ1v) is 5.12. The average Bonchev–Trinajstić information content (AvgIpc) is 2.81. The van der Waals surface area contributed by atoms with Crippen LogP contribution in [-0.2, 0) is 4.74 Å². The van der Waals surface area contributed by atoms with Crippen LogP contribution in [0.4, 0.5) is 4.79 Å². The van der Waals surface area contributed by atoms with Gasteiger partial charge in [0.15, 0.2) is 0 Å². The zero-order valence-electron chi connectivity index (χ0n) is 9.11. The van der Waals surface area contributed by atoms with Crippen molar-refractivity contribution in [1.29, 1.82) is 0 Å². The van der Waals surface area contributed by atoms with Gasteiger partial charge in [-0.3, -0.25) is 0 Å². The number of nitrogens with two attached hydrogens (primary N) is 1. The van der Waals surface area contributed by atoms with Gasteiger partial charge in [-0.2, -0.15) is 0 Å². The Balaban J connectivity index is 2.34. The molecule has 0 aromatic carbocycles. The lowest BCUT2D eigenvalue weighted by Crippen LogP contribution is -2.32. The van der Waals surface area contributed by atoms with E-state index in [2.05, 4.69) is 16.9 Å². The number of alkyl carbamates (subject to hydrolysis) is 1. The molecule has 1 heterocycles. The van der Waals surface area contributed by atoms with Crippen LogP contribution < -0.4 is 11.1 Å². The third kappa shape index (κ3) is 3.78. The van der Waals surface area contributed by atoms with E-state index in [9.17, 15) is 4.79 Å². The minimum absolute atomic E-state index is 0.0753. The monoisotopic (exact) mass is 223 g/mol. The SMILES string of the molecule is C=CCOC(=O)NC[C@@H](CN)c1ccc[nH]1. The maximum atomic E-state index is 11.2. The molecule has 0 bridgehead atoms. The number of carbonyl (C=O) groups is 1. The Morgan fingerprint density at radius 1 is 1.75 bits per heavy atom. The Labute approximate surface area is 94.7 Å². The molecule has 4 N–H and O–H groups in total. The van der Waals surface area contributed by atoms with Gasteiger partial charge in [-0.15, -0.1) is 0 Å². The Hall–Kier alpha value is -1.75. The van der Waals surface area contributed by atoms with Crippen molar-refractivity contribution in [3.8, 4) is 0 Å². The summed E-state index contributed by atoms with van der Waals surface area (Å²) in [6, 6.07) is 3.84. The summed E-state index contributed by atoms with van der Waals surface area (Å²) < 4.78 is 4.78. The number of ether oxygens (including phenoxy) is 1. The Bertz CT molecular complexity index is 322. The lowest BCUT2D eigenvalue weighted by molar-refractivity contribution is 0.157. The number of nitrogens with one attached hydrogen (secondary N) is 2. The number of carbonyl (C=O) groups excluding carboxylic acids is 1. The fraction of sp³-hybridized carbons (Fsp3) is 0.364.